The number of hydrogen-bond acceptors (Lipinski definition) is 0. The molecule has 532 valence electrons. The maximum absolute atomic E-state index is 2.45. The molecule has 9 saturated carbocycles. The minimum atomic E-state index is 0. The predicted octanol–water partition coefficient (Wildman–Crippen LogP) is 33.9. The summed E-state index contributed by atoms with van der Waals surface area (Å²) >= 11 is 0. The van der Waals surface area contributed by atoms with E-state index in [1.165, 1.54) is 379 Å². The van der Waals surface area contributed by atoms with E-state index in [-0.39, 0.29) is 29.7 Å². The molecule has 0 aliphatic heterocycles. The third-order valence-electron chi connectivity index (χ3n) is 21.7. The molecular weight excluding hydrogens is 1040 g/mol. The summed E-state index contributed by atoms with van der Waals surface area (Å²) in [6.45, 7) is 24.8. The molecule has 0 atom stereocenters. The SMILES string of the molecule is C.C.C.C.C1CCCCCCC1.C1CCCCCCC1.CC.CC.CC1CCCC(C)CCC1.CC1CCCC(C2CCCCCCC2)CCC1.CC1CCCCCCC1.CC1CCCCCCC1.CC1CCCCCCC1.CC1CCCCCCC1. The second kappa shape index (κ2) is 76.7. The zero-order valence-electron chi connectivity index (χ0n) is 60.7. The zero-order valence-corrected chi connectivity index (χ0v) is 60.7. The lowest BCUT2D eigenvalue weighted by Crippen LogP contribution is -2.18. The van der Waals surface area contributed by atoms with Crippen LogP contribution in [0.4, 0.5) is 0 Å². The maximum atomic E-state index is 2.45. The first-order valence-electron chi connectivity index (χ1n) is 40.7. The van der Waals surface area contributed by atoms with E-state index < -0.39 is 0 Å². The average Bonchev–Trinajstić information content (AvgIpc) is 3.49. The summed E-state index contributed by atoms with van der Waals surface area (Å²) in [5.74, 6) is 9.30. The fourth-order valence-electron chi connectivity index (χ4n) is 15.6. The molecule has 0 saturated heterocycles. The molecule has 87 heavy (non-hydrogen) atoms. The molecule has 0 spiro atoms. The highest BCUT2D eigenvalue weighted by molar-refractivity contribution is 4.76. The molecular formula is C87H184. The highest BCUT2D eigenvalue weighted by atomic mass is 14.3. The normalized spacial score (nSPS) is 25.8. The fourth-order valence-corrected chi connectivity index (χ4v) is 15.6. The topological polar surface area (TPSA) is 0 Å². The Kier molecular flexibility index (Phi) is 84.4. The molecule has 0 heterocycles. The third-order valence-corrected chi connectivity index (χ3v) is 21.7. The largest absolute Gasteiger partial charge is 0.0776 e. The minimum absolute atomic E-state index is 0. The number of rotatable bonds is 1. The van der Waals surface area contributed by atoms with Crippen LogP contribution in [-0.2, 0) is 0 Å². The lowest BCUT2D eigenvalue weighted by atomic mass is 9.75. The summed E-state index contributed by atoms with van der Waals surface area (Å²) in [5.41, 5.74) is 0. The Bertz CT molecular complexity index is 955. The van der Waals surface area contributed by atoms with Crippen LogP contribution in [0, 0.1) is 53.3 Å². The van der Waals surface area contributed by atoms with Crippen LogP contribution in [0.2, 0.25) is 0 Å². The summed E-state index contributed by atoms with van der Waals surface area (Å²) in [6.07, 6.45) is 94.4. The first-order chi connectivity index (χ1) is 40.7. The average molecular weight is 1230 g/mol. The monoisotopic (exact) mass is 1230 g/mol. The summed E-state index contributed by atoms with van der Waals surface area (Å²) in [7, 11) is 0. The highest BCUT2D eigenvalue weighted by Crippen LogP contribution is 2.37. The zero-order chi connectivity index (χ0) is 60.7. The van der Waals surface area contributed by atoms with Crippen LogP contribution in [-0.4, -0.2) is 0 Å². The molecule has 9 fully saturated rings. The van der Waals surface area contributed by atoms with E-state index in [9.17, 15) is 0 Å². The molecule has 0 aromatic carbocycles. The van der Waals surface area contributed by atoms with Crippen molar-refractivity contribution in [1.82, 2.24) is 0 Å². The van der Waals surface area contributed by atoms with E-state index in [2.05, 4.69) is 48.5 Å². The molecule has 0 nitrogen and oxygen atoms in total. The van der Waals surface area contributed by atoms with Gasteiger partial charge >= 0.3 is 0 Å². The lowest BCUT2D eigenvalue weighted by molar-refractivity contribution is 0.210. The second-order valence-corrected chi connectivity index (χ2v) is 30.4. The van der Waals surface area contributed by atoms with Crippen LogP contribution in [0.3, 0.4) is 0 Å². The first kappa shape index (κ1) is 95.7. The molecule has 0 aromatic rings. The van der Waals surface area contributed by atoms with Crippen molar-refractivity contribution in [3.8, 4) is 0 Å². The molecule has 9 aliphatic rings. The van der Waals surface area contributed by atoms with Gasteiger partial charge in [-0.15, -0.1) is 0 Å². The van der Waals surface area contributed by atoms with Crippen LogP contribution in [0.15, 0.2) is 0 Å². The van der Waals surface area contributed by atoms with Gasteiger partial charge in [0.05, 0.1) is 0 Å². The molecule has 0 aromatic heterocycles. The van der Waals surface area contributed by atoms with Crippen molar-refractivity contribution in [3.63, 3.8) is 0 Å². The Labute approximate surface area is 560 Å². The lowest BCUT2D eigenvalue weighted by Gasteiger charge is -2.31. The Morgan fingerprint density at radius 1 is 0.115 bits per heavy atom. The second-order valence-electron chi connectivity index (χ2n) is 30.4. The molecule has 0 amide bonds. The van der Waals surface area contributed by atoms with Crippen LogP contribution in [0.1, 0.15) is 510 Å². The van der Waals surface area contributed by atoms with E-state index in [0.29, 0.717) is 0 Å². The van der Waals surface area contributed by atoms with Gasteiger partial charge in [0, 0.05) is 0 Å². The standard InChI is InChI=1S/C17H32.C10H20.4C9H18.2C8H16.2C2H6.4CH4/c1-15-9-7-13-17(14-8-10-15)16-11-5-3-2-4-6-12-16;1-9-5-3-7-10(2)8-4-6-9;4*1-9-7-5-3-2-4-6-8-9;2*1-2-4-6-8-7-5-3-1;2*1-2;;;;/h15-17H,2-14H2,1H3;9-10H,3-8H2,1-2H3;4*9H,2-8H2,1H3;2*1-8H2;2*1-2H3;4*1H4. The van der Waals surface area contributed by atoms with E-state index in [1.807, 2.05) is 27.7 Å². The molecule has 0 N–H and O–H groups in total. The quantitative estimate of drug-likeness (QED) is 0.245. The van der Waals surface area contributed by atoms with E-state index in [0.717, 1.165) is 53.3 Å². The van der Waals surface area contributed by atoms with E-state index in [4.69, 9.17) is 0 Å². The highest BCUT2D eigenvalue weighted by Gasteiger charge is 2.23. The van der Waals surface area contributed by atoms with E-state index >= 15 is 0 Å². The van der Waals surface area contributed by atoms with Crippen molar-refractivity contribution in [2.24, 2.45) is 53.3 Å². The van der Waals surface area contributed by atoms with Gasteiger partial charge in [0.1, 0.15) is 0 Å². The summed E-state index contributed by atoms with van der Waals surface area (Å²) in [4.78, 5) is 0. The smallest absolute Gasteiger partial charge is 0.0386 e. The van der Waals surface area contributed by atoms with Crippen molar-refractivity contribution in [2.45, 2.75) is 510 Å². The van der Waals surface area contributed by atoms with Crippen molar-refractivity contribution in [1.29, 1.82) is 0 Å². The maximum Gasteiger partial charge on any atom is -0.0386 e. The van der Waals surface area contributed by atoms with Crippen molar-refractivity contribution in [2.75, 3.05) is 0 Å². The van der Waals surface area contributed by atoms with E-state index in [1.54, 1.807) is 25.7 Å². The van der Waals surface area contributed by atoms with Gasteiger partial charge in [0.2, 0.25) is 0 Å². The first-order valence-corrected chi connectivity index (χ1v) is 40.7. The van der Waals surface area contributed by atoms with Gasteiger partial charge in [-0.3, -0.25) is 0 Å². The molecule has 0 radical (unpaired) electrons. The Balaban J connectivity index is -0.000000294. The van der Waals surface area contributed by atoms with Crippen LogP contribution in [0.25, 0.3) is 0 Å². The third kappa shape index (κ3) is 68.7. The van der Waals surface area contributed by atoms with Gasteiger partial charge in [0.15, 0.2) is 0 Å². The predicted molar refractivity (Wildman–Crippen MR) is 412 cm³/mol. The van der Waals surface area contributed by atoms with Gasteiger partial charge in [0.25, 0.3) is 0 Å². The van der Waals surface area contributed by atoms with Crippen LogP contribution < -0.4 is 0 Å². The van der Waals surface area contributed by atoms with Gasteiger partial charge in [-0.05, 0) is 53.3 Å². The molecule has 9 aliphatic carbocycles. The number of hydrogen-bond donors (Lipinski definition) is 0. The van der Waals surface area contributed by atoms with Crippen LogP contribution >= 0.6 is 0 Å². The van der Waals surface area contributed by atoms with Gasteiger partial charge in [-0.1, -0.05) is 510 Å². The molecule has 0 unspecified atom stereocenters. The Hall–Kier alpha value is 0. The Morgan fingerprint density at radius 3 is 0.333 bits per heavy atom. The molecule has 9 rings (SSSR count). The fraction of sp³-hybridized carbons (Fsp3) is 1.00. The van der Waals surface area contributed by atoms with Crippen molar-refractivity contribution < 1.29 is 0 Å². The molecule has 0 heteroatoms. The van der Waals surface area contributed by atoms with Crippen molar-refractivity contribution in [3.05, 3.63) is 0 Å². The minimum Gasteiger partial charge on any atom is -0.0776 e. The summed E-state index contributed by atoms with van der Waals surface area (Å²) in [6, 6.07) is 0. The van der Waals surface area contributed by atoms with Crippen molar-refractivity contribution >= 4 is 0 Å². The van der Waals surface area contributed by atoms with Crippen LogP contribution in [0.5, 0.6) is 0 Å². The summed E-state index contributed by atoms with van der Waals surface area (Å²) in [5, 5.41) is 0. The molecule has 0 bridgehead atoms. The van der Waals surface area contributed by atoms with Gasteiger partial charge in [-0.2, -0.15) is 0 Å². The Morgan fingerprint density at radius 2 is 0.195 bits per heavy atom. The summed E-state index contributed by atoms with van der Waals surface area (Å²) < 4.78 is 0. The van der Waals surface area contributed by atoms with Gasteiger partial charge in [-0.25, -0.2) is 0 Å². The van der Waals surface area contributed by atoms with Gasteiger partial charge < -0.3 is 0 Å².